The molecule has 4 heteroatoms. The summed E-state index contributed by atoms with van der Waals surface area (Å²) in [6.45, 7) is 0. The molecule has 3 unspecified atom stereocenters. The average molecular weight is 289 g/mol. The van der Waals surface area contributed by atoms with Crippen molar-refractivity contribution >= 4 is 24.8 Å². The highest BCUT2D eigenvalue weighted by atomic mass is 35.5. The first-order valence-corrected chi connectivity index (χ1v) is 6.33. The number of hydrogen-bond acceptors (Lipinski definition) is 2. The Morgan fingerprint density at radius 2 is 1.94 bits per heavy atom. The van der Waals surface area contributed by atoms with Crippen molar-refractivity contribution in [3.05, 3.63) is 35.9 Å². The van der Waals surface area contributed by atoms with E-state index in [0.717, 1.165) is 19.3 Å². The van der Waals surface area contributed by atoms with Crippen LogP contribution in [0, 0.1) is 0 Å². The molecule has 2 heterocycles. The normalized spacial score (nSPS) is 33.4. The van der Waals surface area contributed by atoms with Crippen molar-refractivity contribution in [2.24, 2.45) is 5.73 Å². The number of rotatable bonds is 2. The Labute approximate surface area is 122 Å². The fraction of sp³-hybridized carbons (Fsp3) is 0.571. The minimum Gasteiger partial charge on any atom is -0.328 e. The molecule has 2 nitrogen and oxygen atoms in total. The van der Waals surface area contributed by atoms with Crippen LogP contribution in [0.3, 0.4) is 0 Å². The van der Waals surface area contributed by atoms with Crippen molar-refractivity contribution in [3.63, 3.8) is 0 Å². The van der Waals surface area contributed by atoms with Gasteiger partial charge in [-0.2, -0.15) is 0 Å². The molecular weight excluding hydrogens is 267 g/mol. The Balaban J connectivity index is 0.000000810. The SMILES string of the molecule is Cl.Cl.NC1CC2CCC(Cc3ccccc3)(C1)N2. The Hall–Kier alpha value is -0.280. The van der Waals surface area contributed by atoms with E-state index in [9.17, 15) is 0 Å². The van der Waals surface area contributed by atoms with Crippen LogP contribution in [-0.4, -0.2) is 17.6 Å². The number of hydrogen-bond donors (Lipinski definition) is 2. The monoisotopic (exact) mass is 288 g/mol. The van der Waals surface area contributed by atoms with E-state index in [1.54, 1.807) is 0 Å². The first-order chi connectivity index (χ1) is 7.76. The molecule has 3 atom stereocenters. The van der Waals surface area contributed by atoms with Crippen molar-refractivity contribution in [3.8, 4) is 0 Å². The topological polar surface area (TPSA) is 38.0 Å². The lowest BCUT2D eigenvalue weighted by Gasteiger charge is -2.38. The molecule has 2 bridgehead atoms. The second-order valence-corrected chi connectivity index (χ2v) is 5.52. The quantitative estimate of drug-likeness (QED) is 0.878. The van der Waals surface area contributed by atoms with Crippen LogP contribution < -0.4 is 11.1 Å². The van der Waals surface area contributed by atoms with Crippen LogP contribution in [-0.2, 0) is 6.42 Å². The number of piperidine rings is 1. The molecule has 102 valence electrons. The molecule has 0 aliphatic carbocycles. The molecule has 18 heavy (non-hydrogen) atoms. The molecule has 0 spiro atoms. The lowest BCUT2D eigenvalue weighted by molar-refractivity contribution is 0.249. The second-order valence-electron chi connectivity index (χ2n) is 5.52. The third-order valence-electron chi connectivity index (χ3n) is 4.11. The van der Waals surface area contributed by atoms with Gasteiger partial charge in [-0.3, -0.25) is 0 Å². The van der Waals surface area contributed by atoms with Crippen molar-refractivity contribution in [2.45, 2.75) is 49.7 Å². The third-order valence-corrected chi connectivity index (χ3v) is 4.11. The Kier molecular flexibility index (Phi) is 5.47. The van der Waals surface area contributed by atoms with Gasteiger partial charge >= 0.3 is 0 Å². The predicted octanol–water partition coefficient (Wildman–Crippen LogP) is 2.68. The van der Waals surface area contributed by atoms with Crippen LogP contribution in [0.4, 0.5) is 0 Å². The van der Waals surface area contributed by atoms with Crippen LogP contribution in [0.25, 0.3) is 0 Å². The van der Waals surface area contributed by atoms with Gasteiger partial charge in [0.1, 0.15) is 0 Å². The number of fused-ring (bicyclic) bond motifs is 2. The molecule has 2 saturated heterocycles. The van der Waals surface area contributed by atoms with Gasteiger partial charge in [0.25, 0.3) is 0 Å². The van der Waals surface area contributed by atoms with E-state index in [0.29, 0.717) is 17.6 Å². The van der Waals surface area contributed by atoms with E-state index in [1.807, 2.05) is 0 Å². The highest BCUT2D eigenvalue weighted by Crippen LogP contribution is 2.37. The second kappa shape index (κ2) is 6.25. The molecule has 2 fully saturated rings. The number of nitrogens with two attached hydrogens (primary N) is 1. The van der Waals surface area contributed by atoms with Gasteiger partial charge in [-0.25, -0.2) is 0 Å². The van der Waals surface area contributed by atoms with Gasteiger partial charge in [0, 0.05) is 17.6 Å². The van der Waals surface area contributed by atoms with E-state index in [2.05, 4.69) is 35.6 Å². The third kappa shape index (κ3) is 3.18. The van der Waals surface area contributed by atoms with E-state index in [4.69, 9.17) is 5.73 Å². The van der Waals surface area contributed by atoms with Gasteiger partial charge in [-0.05, 0) is 37.7 Å². The molecule has 3 N–H and O–H groups in total. The first kappa shape index (κ1) is 15.8. The molecule has 0 aromatic heterocycles. The number of nitrogens with one attached hydrogen (secondary N) is 1. The smallest absolute Gasteiger partial charge is 0.0239 e. The van der Waals surface area contributed by atoms with Gasteiger partial charge in [0.15, 0.2) is 0 Å². The van der Waals surface area contributed by atoms with Crippen LogP contribution >= 0.6 is 24.8 Å². The zero-order chi connectivity index (χ0) is 11.0. The number of halogens is 2. The largest absolute Gasteiger partial charge is 0.328 e. The minimum absolute atomic E-state index is 0. The maximum atomic E-state index is 6.15. The lowest BCUT2D eigenvalue weighted by atomic mass is 9.82. The summed E-state index contributed by atoms with van der Waals surface area (Å²) < 4.78 is 0. The molecule has 1 aromatic rings. The molecule has 3 rings (SSSR count). The standard InChI is InChI=1S/C14H20N2.2ClH/c15-12-8-13-6-7-14(10-12,16-13)9-11-4-2-1-3-5-11;;/h1-5,12-13,16H,6-10,15H2;2*1H. The summed E-state index contributed by atoms with van der Waals surface area (Å²) in [5.41, 5.74) is 7.88. The van der Waals surface area contributed by atoms with Crippen LogP contribution in [0.2, 0.25) is 0 Å². The summed E-state index contributed by atoms with van der Waals surface area (Å²) in [4.78, 5) is 0. The van der Waals surface area contributed by atoms with Gasteiger partial charge in [0.2, 0.25) is 0 Å². The minimum atomic E-state index is 0. The summed E-state index contributed by atoms with van der Waals surface area (Å²) in [6, 6.07) is 11.9. The fourth-order valence-corrected chi connectivity index (χ4v) is 3.51. The summed E-state index contributed by atoms with van der Waals surface area (Å²) in [5, 5.41) is 3.80. The molecule has 2 aliphatic rings. The van der Waals surface area contributed by atoms with E-state index in [1.165, 1.54) is 18.4 Å². The van der Waals surface area contributed by atoms with E-state index >= 15 is 0 Å². The summed E-state index contributed by atoms with van der Waals surface area (Å²) >= 11 is 0. The molecule has 0 radical (unpaired) electrons. The molecule has 1 aromatic carbocycles. The van der Waals surface area contributed by atoms with Crippen molar-refractivity contribution in [1.82, 2.24) is 5.32 Å². The first-order valence-electron chi connectivity index (χ1n) is 6.33. The molecule has 2 aliphatic heterocycles. The van der Waals surface area contributed by atoms with Crippen molar-refractivity contribution in [2.75, 3.05) is 0 Å². The van der Waals surface area contributed by atoms with Crippen molar-refractivity contribution in [1.29, 1.82) is 0 Å². The van der Waals surface area contributed by atoms with Crippen molar-refractivity contribution < 1.29 is 0 Å². The zero-order valence-electron chi connectivity index (χ0n) is 10.5. The van der Waals surface area contributed by atoms with E-state index < -0.39 is 0 Å². The van der Waals surface area contributed by atoms with Crippen LogP contribution in [0.15, 0.2) is 30.3 Å². The summed E-state index contributed by atoms with van der Waals surface area (Å²) in [5.74, 6) is 0. The molecule has 0 saturated carbocycles. The van der Waals surface area contributed by atoms with Gasteiger partial charge in [-0.1, -0.05) is 30.3 Å². The Morgan fingerprint density at radius 1 is 1.22 bits per heavy atom. The summed E-state index contributed by atoms with van der Waals surface area (Å²) in [7, 11) is 0. The Bertz CT molecular complexity index is 371. The predicted molar refractivity (Wildman–Crippen MR) is 80.7 cm³/mol. The van der Waals surface area contributed by atoms with Gasteiger partial charge < -0.3 is 11.1 Å². The van der Waals surface area contributed by atoms with Gasteiger partial charge in [0.05, 0.1) is 0 Å². The summed E-state index contributed by atoms with van der Waals surface area (Å²) in [6.07, 6.45) is 6.04. The van der Waals surface area contributed by atoms with Crippen LogP contribution in [0.1, 0.15) is 31.2 Å². The fourth-order valence-electron chi connectivity index (χ4n) is 3.51. The Morgan fingerprint density at radius 3 is 2.67 bits per heavy atom. The molecular formula is C14H22Cl2N2. The highest BCUT2D eigenvalue weighted by Gasteiger charge is 2.43. The maximum absolute atomic E-state index is 6.15. The maximum Gasteiger partial charge on any atom is 0.0239 e. The lowest BCUT2D eigenvalue weighted by Crippen LogP contribution is -2.54. The van der Waals surface area contributed by atoms with Crippen LogP contribution in [0.5, 0.6) is 0 Å². The number of benzene rings is 1. The van der Waals surface area contributed by atoms with E-state index in [-0.39, 0.29) is 24.8 Å². The average Bonchev–Trinajstić information content (AvgIpc) is 2.55. The molecule has 0 amide bonds. The zero-order valence-corrected chi connectivity index (χ0v) is 12.1. The highest BCUT2D eigenvalue weighted by molar-refractivity contribution is 5.85. The van der Waals surface area contributed by atoms with Gasteiger partial charge in [-0.15, -0.1) is 24.8 Å².